The summed E-state index contributed by atoms with van der Waals surface area (Å²) in [5, 5.41) is 9.74. The normalized spacial score (nSPS) is 13.3. The van der Waals surface area contributed by atoms with Crippen molar-refractivity contribution >= 4 is 5.82 Å². The van der Waals surface area contributed by atoms with Gasteiger partial charge in [0.05, 0.1) is 0 Å². The number of fused-ring (bicyclic) bond motifs is 1. The number of hydrogen-bond donors (Lipinski definition) is 1. The van der Waals surface area contributed by atoms with E-state index in [1.54, 1.807) is 0 Å². The standard InChI is InChI=1S/C23H21N3O/c24-15-20-22(19-12-5-2-6-13-21(19)26-23(20)25)16-8-7-11-18(14-16)27-17-9-3-1-4-10-17/h1,3-4,7-11,14H,2,5-6,12-13H2,(H2,25,26). The van der Waals surface area contributed by atoms with Crippen molar-refractivity contribution in [3.8, 4) is 28.7 Å². The predicted molar refractivity (Wildman–Crippen MR) is 107 cm³/mol. The number of nitrogens with zero attached hydrogens (tertiary/aromatic N) is 2. The Morgan fingerprint density at radius 2 is 1.70 bits per heavy atom. The molecule has 134 valence electrons. The fraction of sp³-hybridized carbons (Fsp3) is 0.217. The summed E-state index contributed by atoms with van der Waals surface area (Å²) in [6.45, 7) is 0. The minimum absolute atomic E-state index is 0.322. The number of nitrogens with two attached hydrogens (primary N) is 1. The maximum absolute atomic E-state index is 9.74. The molecule has 4 nitrogen and oxygen atoms in total. The number of para-hydroxylation sites is 1. The predicted octanol–water partition coefficient (Wildman–Crippen LogP) is 5.26. The Morgan fingerprint density at radius 3 is 2.52 bits per heavy atom. The molecule has 1 heterocycles. The zero-order valence-electron chi connectivity index (χ0n) is 15.1. The van der Waals surface area contributed by atoms with Gasteiger partial charge in [-0.05, 0) is 61.1 Å². The lowest BCUT2D eigenvalue weighted by atomic mass is 9.91. The van der Waals surface area contributed by atoms with Crippen LogP contribution in [0.5, 0.6) is 11.5 Å². The van der Waals surface area contributed by atoms with E-state index in [0.29, 0.717) is 11.4 Å². The molecule has 0 bridgehead atoms. The van der Waals surface area contributed by atoms with Crippen molar-refractivity contribution in [3.63, 3.8) is 0 Å². The molecule has 0 spiro atoms. The lowest BCUT2D eigenvalue weighted by molar-refractivity contribution is 0.483. The molecule has 0 unspecified atom stereocenters. The fourth-order valence-corrected chi connectivity index (χ4v) is 3.71. The van der Waals surface area contributed by atoms with E-state index in [0.717, 1.165) is 59.6 Å². The lowest BCUT2D eigenvalue weighted by Gasteiger charge is -2.16. The largest absolute Gasteiger partial charge is 0.457 e. The second kappa shape index (κ2) is 7.51. The van der Waals surface area contributed by atoms with Gasteiger partial charge in [0.15, 0.2) is 0 Å². The van der Waals surface area contributed by atoms with E-state index in [4.69, 9.17) is 10.5 Å². The molecule has 3 aromatic rings. The Morgan fingerprint density at radius 1 is 0.926 bits per heavy atom. The van der Waals surface area contributed by atoms with Crippen LogP contribution in [0.25, 0.3) is 11.1 Å². The summed E-state index contributed by atoms with van der Waals surface area (Å²) in [6.07, 6.45) is 5.24. The van der Waals surface area contributed by atoms with E-state index in [9.17, 15) is 5.26 Å². The highest BCUT2D eigenvalue weighted by Crippen LogP contribution is 2.37. The van der Waals surface area contributed by atoms with Gasteiger partial charge in [0.25, 0.3) is 0 Å². The summed E-state index contributed by atoms with van der Waals surface area (Å²) in [7, 11) is 0. The quantitative estimate of drug-likeness (QED) is 0.650. The second-order valence-electron chi connectivity index (χ2n) is 6.79. The minimum atomic E-state index is 0.322. The van der Waals surface area contributed by atoms with Gasteiger partial charge in [-0.2, -0.15) is 5.26 Å². The van der Waals surface area contributed by atoms with Crippen LogP contribution >= 0.6 is 0 Å². The summed E-state index contributed by atoms with van der Waals surface area (Å²) < 4.78 is 5.98. The lowest BCUT2D eigenvalue weighted by Crippen LogP contribution is -2.07. The van der Waals surface area contributed by atoms with E-state index in [2.05, 4.69) is 11.1 Å². The summed E-state index contributed by atoms with van der Waals surface area (Å²) >= 11 is 0. The van der Waals surface area contributed by atoms with E-state index in [1.165, 1.54) is 6.42 Å². The van der Waals surface area contributed by atoms with Gasteiger partial charge in [-0.1, -0.05) is 36.8 Å². The fourth-order valence-electron chi connectivity index (χ4n) is 3.71. The molecule has 0 aliphatic heterocycles. The Bertz CT molecular complexity index is 1010. The molecule has 1 aliphatic carbocycles. The molecule has 2 aromatic carbocycles. The molecular weight excluding hydrogens is 334 g/mol. The zero-order valence-corrected chi connectivity index (χ0v) is 15.1. The Balaban J connectivity index is 1.82. The molecule has 27 heavy (non-hydrogen) atoms. The van der Waals surface area contributed by atoms with Gasteiger partial charge in [-0.3, -0.25) is 0 Å². The number of nitriles is 1. The molecule has 4 heteroatoms. The molecule has 0 fully saturated rings. The SMILES string of the molecule is N#Cc1c(N)nc2c(c1-c1cccc(Oc3ccccc3)c1)CCCCC2. The van der Waals surface area contributed by atoms with Crippen molar-refractivity contribution in [1.82, 2.24) is 4.98 Å². The number of nitrogen functional groups attached to an aromatic ring is 1. The van der Waals surface area contributed by atoms with Gasteiger partial charge >= 0.3 is 0 Å². The van der Waals surface area contributed by atoms with E-state index >= 15 is 0 Å². The van der Waals surface area contributed by atoms with Crippen molar-refractivity contribution < 1.29 is 4.74 Å². The molecule has 0 amide bonds. The molecular formula is C23H21N3O. The maximum Gasteiger partial charge on any atom is 0.142 e. The number of rotatable bonds is 3. The van der Waals surface area contributed by atoms with Gasteiger partial charge in [-0.25, -0.2) is 4.98 Å². The first-order valence-corrected chi connectivity index (χ1v) is 9.31. The van der Waals surface area contributed by atoms with Gasteiger partial charge in [0.1, 0.15) is 28.9 Å². The molecule has 0 atom stereocenters. The summed E-state index contributed by atoms with van der Waals surface area (Å²) in [5.41, 5.74) is 10.7. The highest BCUT2D eigenvalue weighted by atomic mass is 16.5. The Kier molecular flexibility index (Phi) is 4.76. The van der Waals surface area contributed by atoms with Gasteiger partial charge in [0, 0.05) is 11.3 Å². The smallest absolute Gasteiger partial charge is 0.142 e. The monoisotopic (exact) mass is 355 g/mol. The maximum atomic E-state index is 9.74. The number of aryl methyl sites for hydroxylation is 1. The Labute approximate surface area is 159 Å². The zero-order chi connectivity index (χ0) is 18.6. The highest BCUT2D eigenvalue weighted by molar-refractivity contribution is 5.80. The van der Waals surface area contributed by atoms with Crippen LogP contribution < -0.4 is 10.5 Å². The first kappa shape index (κ1) is 17.1. The van der Waals surface area contributed by atoms with Gasteiger partial charge in [-0.15, -0.1) is 0 Å². The van der Waals surface area contributed by atoms with Crippen molar-refractivity contribution in [2.45, 2.75) is 32.1 Å². The Hall–Kier alpha value is -3.32. The number of anilines is 1. The van der Waals surface area contributed by atoms with E-state index < -0.39 is 0 Å². The number of hydrogen-bond acceptors (Lipinski definition) is 4. The topological polar surface area (TPSA) is 71.9 Å². The average Bonchev–Trinajstić information content (AvgIpc) is 2.93. The number of aromatic nitrogens is 1. The third kappa shape index (κ3) is 3.50. The summed E-state index contributed by atoms with van der Waals surface area (Å²) in [5.74, 6) is 1.84. The highest BCUT2D eigenvalue weighted by Gasteiger charge is 2.21. The molecule has 0 saturated carbocycles. The summed E-state index contributed by atoms with van der Waals surface area (Å²) in [4.78, 5) is 4.54. The van der Waals surface area contributed by atoms with Gasteiger partial charge < -0.3 is 10.5 Å². The third-order valence-electron chi connectivity index (χ3n) is 4.97. The van der Waals surface area contributed by atoms with Crippen molar-refractivity contribution in [1.29, 1.82) is 5.26 Å². The van der Waals surface area contributed by atoms with Crippen molar-refractivity contribution in [2.75, 3.05) is 5.73 Å². The third-order valence-corrected chi connectivity index (χ3v) is 4.97. The van der Waals surface area contributed by atoms with Crippen molar-refractivity contribution in [2.24, 2.45) is 0 Å². The van der Waals surface area contributed by atoms with Crippen LogP contribution in [-0.2, 0) is 12.8 Å². The summed E-state index contributed by atoms with van der Waals surface area (Å²) in [6, 6.07) is 19.8. The molecule has 0 saturated heterocycles. The molecule has 2 N–H and O–H groups in total. The van der Waals surface area contributed by atoms with Crippen LogP contribution in [0.15, 0.2) is 54.6 Å². The van der Waals surface area contributed by atoms with Crippen LogP contribution in [-0.4, -0.2) is 4.98 Å². The molecule has 1 aromatic heterocycles. The van der Waals surface area contributed by atoms with Crippen LogP contribution in [0.3, 0.4) is 0 Å². The van der Waals surface area contributed by atoms with E-state index in [-0.39, 0.29) is 0 Å². The van der Waals surface area contributed by atoms with Crippen LogP contribution in [0.1, 0.15) is 36.1 Å². The van der Waals surface area contributed by atoms with Crippen LogP contribution in [0.4, 0.5) is 5.82 Å². The minimum Gasteiger partial charge on any atom is -0.457 e. The van der Waals surface area contributed by atoms with E-state index in [1.807, 2.05) is 54.6 Å². The molecule has 0 radical (unpaired) electrons. The van der Waals surface area contributed by atoms with Crippen LogP contribution in [0.2, 0.25) is 0 Å². The molecule has 4 rings (SSSR count). The number of benzene rings is 2. The number of ether oxygens (including phenoxy) is 1. The van der Waals surface area contributed by atoms with Crippen molar-refractivity contribution in [3.05, 3.63) is 71.4 Å². The first-order chi connectivity index (χ1) is 13.3. The molecule has 1 aliphatic rings. The van der Waals surface area contributed by atoms with Gasteiger partial charge in [0.2, 0.25) is 0 Å². The number of pyridine rings is 1. The van der Waals surface area contributed by atoms with Crippen LogP contribution in [0, 0.1) is 11.3 Å². The average molecular weight is 355 g/mol. The first-order valence-electron chi connectivity index (χ1n) is 9.31. The second-order valence-corrected chi connectivity index (χ2v) is 6.79.